The molecule has 0 fully saturated rings. The number of unbranched alkanes of at least 4 members (excludes halogenated alkanes) is 1. The van der Waals surface area contributed by atoms with Crippen LogP contribution in [0.15, 0.2) is 11.8 Å². The molecule has 0 unspecified atom stereocenters. The zero-order valence-corrected chi connectivity index (χ0v) is 6.91. The first-order valence-corrected chi connectivity index (χ1v) is 3.67. The Morgan fingerprint density at radius 3 is 2.83 bits per heavy atom. The van der Waals surface area contributed by atoms with Crippen LogP contribution in [-0.2, 0) is 9.53 Å². The average Bonchev–Trinajstić information content (AvgIpc) is 2.07. The van der Waals surface area contributed by atoms with E-state index < -0.39 is 5.97 Å². The van der Waals surface area contributed by atoms with Gasteiger partial charge in [0.25, 0.3) is 0 Å². The number of hydrogen-bond acceptors (Lipinski definition) is 4. The van der Waals surface area contributed by atoms with E-state index in [-0.39, 0.29) is 12.2 Å². The van der Waals surface area contributed by atoms with Crippen molar-refractivity contribution in [2.45, 2.75) is 19.8 Å². The number of aliphatic hydroxyl groups excluding tert-OH is 1. The molecule has 0 saturated heterocycles. The first kappa shape index (κ1) is 10.5. The maximum atomic E-state index is 10.8. The first-order valence-electron chi connectivity index (χ1n) is 3.67. The van der Waals surface area contributed by atoms with Crippen LogP contribution in [0.3, 0.4) is 0 Å². The Morgan fingerprint density at radius 2 is 2.42 bits per heavy atom. The van der Waals surface area contributed by atoms with Crippen LogP contribution in [0.2, 0.25) is 0 Å². The highest BCUT2D eigenvalue weighted by Crippen LogP contribution is 1.96. The van der Waals surface area contributed by atoms with Crippen LogP contribution in [0.5, 0.6) is 0 Å². The summed E-state index contributed by atoms with van der Waals surface area (Å²) < 4.78 is 4.64. The average molecular weight is 169 g/mol. The molecule has 0 rings (SSSR count). The van der Waals surface area contributed by atoms with Crippen molar-refractivity contribution in [3.63, 3.8) is 0 Å². The molecule has 0 heterocycles. The fourth-order valence-corrected chi connectivity index (χ4v) is 0.514. The number of esters is 1. The predicted octanol–water partition coefficient (Wildman–Crippen LogP) is 1.30. The number of aliphatic hydroxyl groups is 1. The lowest BCUT2D eigenvalue weighted by molar-refractivity contribution is -0.138. The molecule has 0 spiro atoms. The Bertz CT molecular complexity index is 215. The van der Waals surface area contributed by atoms with E-state index >= 15 is 0 Å². The van der Waals surface area contributed by atoms with Crippen LogP contribution in [-0.4, -0.2) is 17.7 Å². The number of nitrogens with zero attached hydrogens (tertiary/aromatic N) is 1. The first-order chi connectivity index (χ1) is 5.76. The van der Waals surface area contributed by atoms with E-state index in [2.05, 4.69) is 4.74 Å². The fourth-order valence-electron chi connectivity index (χ4n) is 0.514. The lowest BCUT2D eigenvalue weighted by Crippen LogP contribution is -2.07. The van der Waals surface area contributed by atoms with Gasteiger partial charge in [-0.15, -0.1) is 0 Å². The number of carbonyl (C=O) groups excluding carboxylic acids is 1. The molecule has 0 radical (unpaired) electrons. The van der Waals surface area contributed by atoms with E-state index in [1.807, 2.05) is 6.92 Å². The van der Waals surface area contributed by atoms with Gasteiger partial charge < -0.3 is 9.84 Å². The molecule has 0 aliphatic heterocycles. The van der Waals surface area contributed by atoms with Gasteiger partial charge in [0.1, 0.15) is 12.3 Å². The Labute approximate surface area is 71.1 Å². The lowest BCUT2D eigenvalue weighted by Gasteiger charge is -2.00. The second kappa shape index (κ2) is 6.23. The van der Waals surface area contributed by atoms with Gasteiger partial charge in [-0.2, -0.15) is 5.26 Å². The summed E-state index contributed by atoms with van der Waals surface area (Å²) in [4.78, 5) is 10.8. The van der Waals surface area contributed by atoms with Crippen LogP contribution in [0, 0.1) is 11.3 Å². The minimum Gasteiger partial charge on any atom is -0.514 e. The van der Waals surface area contributed by atoms with Crippen LogP contribution >= 0.6 is 0 Å². The molecular formula is C8H11NO3. The van der Waals surface area contributed by atoms with Gasteiger partial charge in [0.2, 0.25) is 0 Å². The summed E-state index contributed by atoms with van der Waals surface area (Å²) in [7, 11) is 0. The molecule has 0 aromatic heterocycles. The smallest absolute Gasteiger partial charge is 0.352 e. The molecule has 4 nitrogen and oxygen atoms in total. The minimum absolute atomic E-state index is 0.286. The number of ether oxygens (including phenoxy) is 1. The lowest BCUT2D eigenvalue weighted by atomic mass is 10.3. The molecule has 0 bridgehead atoms. The quantitative estimate of drug-likeness (QED) is 0.226. The highest BCUT2D eigenvalue weighted by atomic mass is 16.5. The second-order valence-electron chi connectivity index (χ2n) is 2.14. The van der Waals surface area contributed by atoms with Crippen molar-refractivity contribution in [3.8, 4) is 6.07 Å². The van der Waals surface area contributed by atoms with Gasteiger partial charge in [0.05, 0.1) is 6.61 Å². The summed E-state index contributed by atoms with van der Waals surface area (Å²) in [5.74, 6) is -0.770. The Kier molecular flexibility index (Phi) is 5.45. The third kappa shape index (κ3) is 3.62. The van der Waals surface area contributed by atoms with Crippen LogP contribution in [0.1, 0.15) is 19.8 Å². The molecule has 0 aliphatic carbocycles. The van der Waals surface area contributed by atoms with E-state index in [9.17, 15) is 4.79 Å². The summed E-state index contributed by atoms with van der Waals surface area (Å²) in [5.41, 5.74) is -0.369. The number of rotatable bonds is 4. The standard InChI is InChI=1S/C8H11NO3/c1-2-3-4-12-8(11)7(5-9)6-10/h6,10H,2-4H2,1H3. The maximum absolute atomic E-state index is 10.8. The molecule has 4 heteroatoms. The third-order valence-corrected chi connectivity index (χ3v) is 1.20. The van der Waals surface area contributed by atoms with Gasteiger partial charge in [-0.1, -0.05) is 13.3 Å². The van der Waals surface area contributed by atoms with Crippen LogP contribution < -0.4 is 0 Å². The maximum Gasteiger partial charge on any atom is 0.352 e. The van der Waals surface area contributed by atoms with E-state index in [1.165, 1.54) is 6.07 Å². The summed E-state index contributed by atoms with van der Waals surface area (Å²) in [6.45, 7) is 2.25. The molecular weight excluding hydrogens is 158 g/mol. The van der Waals surface area contributed by atoms with E-state index in [4.69, 9.17) is 10.4 Å². The molecule has 66 valence electrons. The van der Waals surface area contributed by atoms with Gasteiger partial charge >= 0.3 is 5.97 Å². The Hall–Kier alpha value is -1.50. The topological polar surface area (TPSA) is 70.3 Å². The summed E-state index contributed by atoms with van der Waals surface area (Å²) >= 11 is 0. The third-order valence-electron chi connectivity index (χ3n) is 1.20. The van der Waals surface area contributed by atoms with Crippen molar-refractivity contribution < 1.29 is 14.6 Å². The highest BCUT2D eigenvalue weighted by molar-refractivity contribution is 5.92. The van der Waals surface area contributed by atoms with Crippen molar-refractivity contribution in [2.75, 3.05) is 6.61 Å². The van der Waals surface area contributed by atoms with E-state index in [1.54, 1.807) is 0 Å². The molecule has 0 amide bonds. The number of hydrogen-bond donors (Lipinski definition) is 1. The van der Waals surface area contributed by atoms with Gasteiger partial charge in [-0.3, -0.25) is 0 Å². The highest BCUT2D eigenvalue weighted by Gasteiger charge is 2.09. The Morgan fingerprint density at radius 1 is 1.75 bits per heavy atom. The molecule has 1 N–H and O–H groups in total. The van der Waals surface area contributed by atoms with Crippen molar-refractivity contribution in [2.24, 2.45) is 0 Å². The normalized spacial score (nSPS) is 10.5. The molecule has 0 saturated carbocycles. The van der Waals surface area contributed by atoms with E-state index in [0.29, 0.717) is 6.26 Å². The van der Waals surface area contributed by atoms with Gasteiger partial charge in [0.15, 0.2) is 5.57 Å². The molecule has 0 aromatic rings. The van der Waals surface area contributed by atoms with Crippen LogP contribution in [0.25, 0.3) is 0 Å². The van der Waals surface area contributed by atoms with Crippen LogP contribution in [0.4, 0.5) is 0 Å². The summed E-state index contributed by atoms with van der Waals surface area (Å²) in [6.07, 6.45) is 2.13. The van der Waals surface area contributed by atoms with E-state index in [0.717, 1.165) is 12.8 Å². The zero-order valence-electron chi connectivity index (χ0n) is 6.91. The zero-order chi connectivity index (χ0) is 9.40. The predicted molar refractivity (Wildman–Crippen MR) is 42.2 cm³/mol. The fraction of sp³-hybridized carbons (Fsp3) is 0.500. The van der Waals surface area contributed by atoms with Crippen molar-refractivity contribution in [1.82, 2.24) is 0 Å². The van der Waals surface area contributed by atoms with Crippen molar-refractivity contribution >= 4 is 5.97 Å². The Balaban J connectivity index is 3.81. The molecule has 0 aromatic carbocycles. The number of carbonyl (C=O) groups is 1. The summed E-state index contributed by atoms with van der Waals surface area (Å²) in [6, 6.07) is 1.51. The largest absolute Gasteiger partial charge is 0.514 e. The van der Waals surface area contributed by atoms with Gasteiger partial charge in [0, 0.05) is 0 Å². The van der Waals surface area contributed by atoms with Crippen molar-refractivity contribution in [3.05, 3.63) is 11.8 Å². The SMILES string of the molecule is CCCCOC(=O)C(C#N)=CO. The van der Waals surface area contributed by atoms with Gasteiger partial charge in [-0.25, -0.2) is 4.79 Å². The number of nitriles is 1. The van der Waals surface area contributed by atoms with Crippen molar-refractivity contribution in [1.29, 1.82) is 5.26 Å². The second-order valence-corrected chi connectivity index (χ2v) is 2.14. The van der Waals surface area contributed by atoms with Gasteiger partial charge in [-0.05, 0) is 6.42 Å². The molecule has 0 atom stereocenters. The molecule has 12 heavy (non-hydrogen) atoms. The minimum atomic E-state index is -0.770. The summed E-state index contributed by atoms with van der Waals surface area (Å²) in [5, 5.41) is 16.6. The molecule has 0 aliphatic rings. The monoisotopic (exact) mass is 169 g/mol.